The van der Waals surface area contributed by atoms with Crippen LogP contribution in [0.1, 0.15) is 0 Å². The predicted octanol–water partition coefficient (Wildman–Crippen LogP) is 1.65. The molecule has 0 saturated carbocycles. The Hall–Kier alpha value is -0.0300. The second-order valence-corrected chi connectivity index (χ2v) is 8.40. The lowest BCUT2D eigenvalue weighted by Gasteiger charge is -2.02. The quantitative estimate of drug-likeness (QED) is 0.654. The van der Waals surface area contributed by atoms with Gasteiger partial charge in [-0.1, -0.05) is 47.0 Å². The van der Waals surface area contributed by atoms with Crippen LogP contribution >= 0.6 is 47.0 Å². The maximum absolute atomic E-state index is 11.6. The van der Waals surface area contributed by atoms with Crippen LogP contribution in [0.4, 0.5) is 0 Å². The summed E-state index contributed by atoms with van der Waals surface area (Å²) in [4.78, 5) is 14.0. The fraction of sp³-hybridized carbons (Fsp3) is 0.364. The highest BCUT2D eigenvalue weighted by Gasteiger charge is 2.32. The van der Waals surface area contributed by atoms with Crippen molar-refractivity contribution >= 4 is 53.0 Å². The lowest BCUT2D eigenvalue weighted by Crippen LogP contribution is -2.03. The number of hydrogen-bond donors (Lipinski definition) is 3. The molecule has 0 amide bonds. The summed E-state index contributed by atoms with van der Waals surface area (Å²) >= 11 is 5.35. The summed E-state index contributed by atoms with van der Waals surface area (Å²) in [6, 6.07) is 0. The Bertz CT molecular complexity index is 505. The number of hydrogen-bond acceptors (Lipinski definition) is 9. The minimum atomic E-state index is -0.465. The molecule has 3 N–H and O–H groups in total. The monoisotopic (exact) mass is 352 g/mol. The van der Waals surface area contributed by atoms with Gasteiger partial charge in [-0.15, -0.1) is 0 Å². The number of aliphatic hydroxyl groups excluding tert-OH is 3. The van der Waals surface area contributed by atoms with E-state index in [0.717, 1.165) is 18.3 Å². The van der Waals surface area contributed by atoms with Gasteiger partial charge in [0.1, 0.15) is 4.91 Å². The van der Waals surface area contributed by atoms with Gasteiger partial charge < -0.3 is 20.1 Å². The van der Waals surface area contributed by atoms with Gasteiger partial charge >= 0.3 is 5.97 Å². The van der Waals surface area contributed by atoms with Gasteiger partial charge in [0.15, 0.2) is 0 Å². The fourth-order valence-corrected chi connectivity index (χ4v) is 6.70. The molecule has 0 aromatic heterocycles. The molecule has 0 radical (unpaired) electrons. The third kappa shape index (κ3) is 3.24. The first-order valence-corrected chi connectivity index (χ1v) is 8.72. The first-order valence-electron chi connectivity index (χ1n) is 5.46. The van der Waals surface area contributed by atoms with Crippen molar-refractivity contribution in [2.45, 2.75) is 0 Å². The first-order chi connectivity index (χ1) is 9.64. The zero-order valence-corrected chi connectivity index (χ0v) is 13.7. The average molecular weight is 352 g/mol. The van der Waals surface area contributed by atoms with E-state index in [1.807, 2.05) is 0 Å². The maximum Gasteiger partial charge on any atom is 0.345 e. The van der Waals surface area contributed by atoms with Gasteiger partial charge in [-0.3, -0.25) is 0 Å². The molecule has 0 unspecified atom stereocenters. The number of esters is 1. The van der Waals surface area contributed by atoms with Crippen LogP contribution in [0.3, 0.4) is 0 Å². The largest absolute Gasteiger partial charge is 0.465 e. The van der Waals surface area contributed by atoms with Crippen molar-refractivity contribution < 1.29 is 24.9 Å². The van der Waals surface area contributed by atoms with Gasteiger partial charge in [-0.2, -0.15) is 0 Å². The van der Waals surface area contributed by atoms with Gasteiger partial charge in [0, 0.05) is 14.7 Å². The van der Waals surface area contributed by atoms with Crippen LogP contribution in [0.25, 0.3) is 0 Å². The summed E-state index contributed by atoms with van der Waals surface area (Å²) in [6.07, 6.45) is 0. The number of thioether (sulfide) groups is 4. The molecule has 0 aliphatic carbocycles. The number of methoxy groups -OCH3 is 1. The van der Waals surface area contributed by atoms with E-state index in [9.17, 15) is 20.1 Å². The van der Waals surface area contributed by atoms with Crippen LogP contribution in [0.2, 0.25) is 0 Å². The van der Waals surface area contributed by atoms with Gasteiger partial charge in [0.2, 0.25) is 0 Å². The third-order valence-corrected chi connectivity index (χ3v) is 8.15. The molecule has 2 aliphatic rings. The minimum absolute atomic E-state index is 0.121. The molecule has 0 saturated heterocycles. The molecule has 0 spiro atoms. The molecule has 0 aromatic carbocycles. The standard InChI is InChI=1S/C11H12O5S4/c1-16-9(15)8-7(4-14)19-11(20-8)10-17-5(2-12)6(3-13)18-10/h12-14H,2-4H2,1H3. The number of ether oxygens (including phenoxy) is 1. The van der Waals surface area contributed by atoms with Crippen molar-refractivity contribution in [3.05, 3.63) is 28.1 Å². The predicted molar refractivity (Wildman–Crippen MR) is 84.7 cm³/mol. The Kier molecular flexibility index (Phi) is 5.96. The third-order valence-electron chi connectivity index (χ3n) is 2.37. The number of carbonyl (C=O) groups excluding carboxylic acids is 1. The molecule has 0 bridgehead atoms. The van der Waals surface area contributed by atoms with E-state index in [4.69, 9.17) is 4.74 Å². The van der Waals surface area contributed by atoms with Gasteiger partial charge in [-0.05, 0) is 0 Å². The molecule has 5 nitrogen and oxygen atoms in total. The van der Waals surface area contributed by atoms with Gasteiger partial charge in [0.25, 0.3) is 0 Å². The lowest BCUT2D eigenvalue weighted by atomic mass is 10.5. The van der Waals surface area contributed by atoms with E-state index in [1.165, 1.54) is 54.2 Å². The normalized spacial score (nSPS) is 19.4. The van der Waals surface area contributed by atoms with Crippen molar-refractivity contribution in [3.63, 3.8) is 0 Å². The summed E-state index contributed by atoms with van der Waals surface area (Å²) in [5.41, 5.74) is 0. The van der Waals surface area contributed by atoms with Crippen molar-refractivity contribution in [1.29, 1.82) is 0 Å². The summed E-state index contributed by atoms with van der Waals surface area (Å²) < 4.78 is 6.45. The number of rotatable bonds is 4. The SMILES string of the molecule is COC(=O)C1=C(CO)SC(=C2SC(CO)=C(CO)S2)S1. The second-order valence-electron chi connectivity index (χ2n) is 3.55. The Labute approximate surface area is 132 Å². The molecule has 2 rings (SSSR count). The first kappa shape index (κ1) is 16.3. The highest BCUT2D eigenvalue weighted by Crippen LogP contribution is 2.59. The Morgan fingerprint density at radius 3 is 1.80 bits per heavy atom. The number of carbonyl (C=O) groups is 1. The molecule has 110 valence electrons. The minimum Gasteiger partial charge on any atom is -0.465 e. The molecule has 0 fully saturated rings. The summed E-state index contributed by atoms with van der Waals surface area (Å²) in [7, 11) is 1.30. The van der Waals surface area contributed by atoms with Crippen molar-refractivity contribution in [2.24, 2.45) is 0 Å². The highest BCUT2D eigenvalue weighted by atomic mass is 32.2. The number of aliphatic hydroxyl groups is 3. The van der Waals surface area contributed by atoms with Crippen molar-refractivity contribution in [1.82, 2.24) is 0 Å². The molecule has 2 aliphatic heterocycles. The smallest absolute Gasteiger partial charge is 0.345 e. The zero-order chi connectivity index (χ0) is 14.7. The van der Waals surface area contributed by atoms with Crippen molar-refractivity contribution in [3.8, 4) is 0 Å². The van der Waals surface area contributed by atoms with Gasteiger partial charge in [-0.25, -0.2) is 4.79 Å². The van der Waals surface area contributed by atoms with Gasteiger partial charge in [0.05, 0.1) is 35.4 Å². The molecular formula is C11H12O5S4. The van der Waals surface area contributed by atoms with Crippen molar-refractivity contribution in [2.75, 3.05) is 26.9 Å². The van der Waals surface area contributed by atoms with Crippen LogP contribution in [0.5, 0.6) is 0 Å². The second kappa shape index (κ2) is 7.30. The highest BCUT2D eigenvalue weighted by molar-refractivity contribution is 8.34. The van der Waals surface area contributed by atoms with Crippen LogP contribution in [-0.4, -0.2) is 48.2 Å². The Balaban J connectivity index is 2.19. The fourth-order valence-electron chi connectivity index (χ4n) is 1.45. The summed E-state index contributed by atoms with van der Waals surface area (Å²) in [5, 5.41) is 27.8. The van der Waals surface area contributed by atoms with E-state index in [0.29, 0.717) is 9.81 Å². The molecular weight excluding hydrogens is 340 g/mol. The summed E-state index contributed by atoms with van der Waals surface area (Å²) in [6.45, 7) is -0.463. The van der Waals surface area contributed by atoms with E-state index in [1.54, 1.807) is 0 Å². The zero-order valence-electron chi connectivity index (χ0n) is 10.4. The molecule has 9 heteroatoms. The van der Waals surface area contributed by atoms with E-state index in [2.05, 4.69) is 0 Å². The summed E-state index contributed by atoms with van der Waals surface area (Å²) in [5.74, 6) is -0.465. The Morgan fingerprint density at radius 2 is 1.35 bits per heavy atom. The maximum atomic E-state index is 11.6. The molecule has 20 heavy (non-hydrogen) atoms. The van der Waals surface area contributed by atoms with E-state index in [-0.39, 0.29) is 19.8 Å². The molecule has 0 aromatic rings. The van der Waals surface area contributed by atoms with Crippen LogP contribution in [0.15, 0.2) is 28.1 Å². The molecule has 2 heterocycles. The average Bonchev–Trinajstić information content (AvgIpc) is 3.09. The lowest BCUT2D eigenvalue weighted by molar-refractivity contribution is -0.135. The van der Waals surface area contributed by atoms with E-state index >= 15 is 0 Å². The van der Waals surface area contributed by atoms with Crippen LogP contribution in [0, 0.1) is 0 Å². The topological polar surface area (TPSA) is 87.0 Å². The Morgan fingerprint density at radius 1 is 0.900 bits per heavy atom. The van der Waals surface area contributed by atoms with E-state index < -0.39 is 5.97 Å². The van der Waals surface area contributed by atoms with Crippen LogP contribution < -0.4 is 0 Å². The molecule has 0 atom stereocenters. The van der Waals surface area contributed by atoms with Crippen LogP contribution in [-0.2, 0) is 9.53 Å².